The fourth-order valence-electron chi connectivity index (χ4n) is 2.13. The fourth-order valence-corrected chi connectivity index (χ4v) is 2.31. The number of furan rings is 1. The lowest BCUT2D eigenvalue weighted by Gasteiger charge is -2.16. The van der Waals surface area contributed by atoms with Gasteiger partial charge in [0.25, 0.3) is 5.91 Å². The van der Waals surface area contributed by atoms with Gasteiger partial charge in [-0.1, -0.05) is 23.7 Å². The van der Waals surface area contributed by atoms with Gasteiger partial charge in [-0.15, -0.1) is 0 Å². The lowest BCUT2D eigenvalue weighted by Crippen LogP contribution is -2.31. The summed E-state index contributed by atoms with van der Waals surface area (Å²) in [6, 6.07) is 12.4. The van der Waals surface area contributed by atoms with E-state index in [0.29, 0.717) is 23.1 Å². The van der Waals surface area contributed by atoms with Crippen molar-refractivity contribution in [2.45, 2.75) is 19.6 Å². The molecule has 7 heteroatoms. The van der Waals surface area contributed by atoms with E-state index in [1.54, 1.807) is 60.5 Å². The number of para-hydroxylation sites is 1. The Labute approximate surface area is 144 Å². The van der Waals surface area contributed by atoms with Crippen LogP contribution in [0.2, 0.25) is 5.02 Å². The number of anilines is 1. The first kappa shape index (κ1) is 16.1. The average Bonchev–Trinajstić information content (AvgIpc) is 3.22. The minimum Gasteiger partial charge on any atom is -0.479 e. The number of hydrogen-bond acceptors (Lipinski definition) is 4. The first-order valence-corrected chi connectivity index (χ1v) is 7.77. The molecule has 0 aliphatic heterocycles. The molecule has 3 rings (SSSR count). The molecule has 1 amide bonds. The van der Waals surface area contributed by atoms with Crippen LogP contribution in [0.25, 0.3) is 0 Å². The fraction of sp³-hybridized carbons (Fsp3) is 0.176. The molecule has 1 aromatic carbocycles. The van der Waals surface area contributed by atoms with Gasteiger partial charge in [-0.2, -0.15) is 5.10 Å². The third-order valence-corrected chi connectivity index (χ3v) is 3.68. The second kappa shape index (κ2) is 7.23. The Bertz CT molecular complexity index is 814. The summed E-state index contributed by atoms with van der Waals surface area (Å²) in [5.74, 6) is 1.47. The predicted octanol–water partition coefficient (Wildman–Crippen LogP) is 3.58. The van der Waals surface area contributed by atoms with Gasteiger partial charge in [0, 0.05) is 6.07 Å². The van der Waals surface area contributed by atoms with Crippen molar-refractivity contribution in [3.05, 3.63) is 65.7 Å². The van der Waals surface area contributed by atoms with E-state index >= 15 is 0 Å². The zero-order valence-electron chi connectivity index (χ0n) is 13.0. The van der Waals surface area contributed by atoms with Crippen LogP contribution in [0.3, 0.4) is 0 Å². The Morgan fingerprint density at radius 3 is 2.92 bits per heavy atom. The second-order valence-corrected chi connectivity index (χ2v) is 5.54. The first-order valence-electron chi connectivity index (χ1n) is 7.40. The third-order valence-electron chi connectivity index (χ3n) is 3.36. The minimum absolute atomic E-state index is 0.295. The molecule has 6 nitrogen and oxygen atoms in total. The van der Waals surface area contributed by atoms with Crippen LogP contribution >= 0.6 is 11.6 Å². The van der Waals surface area contributed by atoms with E-state index in [9.17, 15) is 4.79 Å². The van der Waals surface area contributed by atoms with Crippen molar-refractivity contribution < 1.29 is 13.9 Å². The number of nitrogens with one attached hydrogen (secondary N) is 1. The summed E-state index contributed by atoms with van der Waals surface area (Å²) in [6.07, 6.45) is 2.49. The van der Waals surface area contributed by atoms with Crippen molar-refractivity contribution in [1.29, 1.82) is 0 Å². The molecule has 1 N–H and O–H groups in total. The number of carbonyl (C=O) groups excluding carboxylic acids is 1. The molecular formula is C17H16ClN3O3. The normalized spacial score (nSPS) is 11.9. The Balaban J connectivity index is 1.64. The Morgan fingerprint density at radius 1 is 1.33 bits per heavy atom. The number of halogens is 1. The molecule has 1 atom stereocenters. The van der Waals surface area contributed by atoms with Crippen LogP contribution < -0.4 is 10.1 Å². The smallest absolute Gasteiger partial charge is 0.266 e. The van der Waals surface area contributed by atoms with Gasteiger partial charge in [0.1, 0.15) is 23.9 Å². The van der Waals surface area contributed by atoms with Crippen LogP contribution in [0.5, 0.6) is 5.75 Å². The standard InChI is InChI=1S/C17H16ClN3O3/c1-12(24-15-7-3-2-6-14(15)18)17(22)20-16-8-9-19-21(16)11-13-5-4-10-23-13/h2-10,12H,11H2,1H3,(H,20,22)/t12-/m0/s1. The highest BCUT2D eigenvalue weighted by Gasteiger charge is 2.18. The summed E-state index contributed by atoms with van der Waals surface area (Å²) in [4.78, 5) is 12.3. The molecule has 0 fully saturated rings. The summed E-state index contributed by atoms with van der Waals surface area (Å²) in [5, 5.41) is 7.43. The molecule has 0 unspecified atom stereocenters. The maximum absolute atomic E-state index is 12.3. The largest absolute Gasteiger partial charge is 0.479 e. The number of benzene rings is 1. The van der Waals surface area contributed by atoms with Crippen molar-refractivity contribution in [3.63, 3.8) is 0 Å². The van der Waals surface area contributed by atoms with Gasteiger partial charge in [-0.25, -0.2) is 4.68 Å². The summed E-state index contributed by atoms with van der Waals surface area (Å²) in [7, 11) is 0. The van der Waals surface area contributed by atoms with E-state index in [4.69, 9.17) is 20.8 Å². The zero-order valence-corrected chi connectivity index (χ0v) is 13.7. The topological polar surface area (TPSA) is 69.3 Å². The van der Waals surface area contributed by atoms with Crippen LogP contribution in [0.1, 0.15) is 12.7 Å². The van der Waals surface area contributed by atoms with Crippen LogP contribution in [0, 0.1) is 0 Å². The third kappa shape index (κ3) is 3.78. The van der Waals surface area contributed by atoms with Gasteiger partial charge in [0.05, 0.1) is 17.5 Å². The second-order valence-electron chi connectivity index (χ2n) is 5.13. The maximum atomic E-state index is 12.3. The number of aromatic nitrogens is 2. The van der Waals surface area contributed by atoms with Gasteiger partial charge in [0.2, 0.25) is 0 Å². The molecule has 0 aliphatic carbocycles. The molecule has 0 saturated carbocycles. The lowest BCUT2D eigenvalue weighted by molar-refractivity contribution is -0.122. The Hall–Kier alpha value is -2.73. The monoisotopic (exact) mass is 345 g/mol. The Kier molecular flexibility index (Phi) is 4.86. The molecule has 0 aliphatic rings. The molecular weight excluding hydrogens is 330 g/mol. The number of hydrogen-bond donors (Lipinski definition) is 1. The number of rotatable bonds is 6. The van der Waals surface area contributed by atoms with Crippen molar-refractivity contribution in [2.75, 3.05) is 5.32 Å². The maximum Gasteiger partial charge on any atom is 0.266 e. The van der Waals surface area contributed by atoms with Gasteiger partial charge in [0.15, 0.2) is 6.10 Å². The summed E-state index contributed by atoms with van der Waals surface area (Å²) < 4.78 is 12.5. The molecule has 0 saturated heterocycles. The molecule has 2 heterocycles. The van der Waals surface area contributed by atoms with Gasteiger partial charge in [-0.05, 0) is 31.2 Å². The van der Waals surface area contributed by atoms with E-state index in [0.717, 1.165) is 5.76 Å². The quantitative estimate of drug-likeness (QED) is 0.741. The Morgan fingerprint density at radius 2 is 2.17 bits per heavy atom. The highest BCUT2D eigenvalue weighted by molar-refractivity contribution is 6.32. The number of amides is 1. The molecule has 0 bridgehead atoms. The van der Waals surface area contributed by atoms with Gasteiger partial charge in [-0.3, -0.25) is 4.79 Å². The van der Waals surface area contributed by atoms with E-state index in [1.807, 2.05) is 6.07 Å². The van der Waals surface area contributed by atoms with Gasteiger partial charge < -0.3 is 14.5 Å². The average molecular weight is 346 g/mol. The van der Waals surface area contributed by atoms with Crippen molar-refractivity contribution in [1.82, 2.24) is 9.78 Å². The minimum atomic E-state index is -0.711. The molecule has 24 heavy (non-hydrogen) atoms. The summed E-state index contributed by atoms with van der Waals surface area (Å²) in [6.45, 7) is 2.08. The van der Waals surface area contributed by atoms with Gasteiger partial charge >= 0.3 is 0 Å². The van der Waals surface area contributed by atoms with Crippen molar-refractivity contribution >= 4 is 23.3 Å². The van der Waals surface area contributed by atoms with Crippen molar-refractivity contribution in [3.8, 4) is 5.75 Å². The van der Waals surface area contributed by atoms with Crippen LogP contribution in [0.4, 0.5) is 5.82 Å². The molecule has 2 aromatic heterocycles. The summed E-state index contributed by atoms with van der Waals surface area (Å²) in [5.41, 5.74) is 0. The highest BCUT2D eigenvalue weighted by atomic mass is 35.5. The number of nitrogens with zero attached hydrogens (tertiary/aromatic N) is 2. The number of carbonyl (C=O) groups is 1. The van der Waals surface area contributed by atoms with Crippen LogP contribution in [-0.4, -0.2) is 21.8 Å². The molecule has 0 spiro atoms. The SMILES string of the molecule is C[C@H](Oc1ccccc1Cl)C(=O)Nc1ccnn1Cc1ccco1. The van der Waals surface area contributed by atoms with E-state index in [1.165, 1.54) is 0 Å². The van der Waals surface area contributed by atoms with E-state index in [-0.39, 0.29) is 5.91 Å². The van der Waals surface area contributed by atoms with Crippen molar-refractivity contribution in [2.24, 2.45) is 0 Å². The predicted molar refractivity (Wildman–Crippen MR) is 90.2 cm³/mol. The zero-order chi connectivity index (χ0) is 16.9. The molecule has 124 valence electrons. The molecule has 3 aromatic rings. The van der Waals surface area contributed by atoms with E-state index in [2.05, 4.69) is 10.4 Å². The highest BCUT2D eigenvalue weighted by Crippen LogP contribution is 2.24. The lowest BCUT2D eigenvalue weighted by atomic mass is 10.3. The van der Waals surface area contributed by atoms with Crippen LogP contribution in [-0.2, 0) is 11.3 Å². The van der Waals surface area contributed by atoms with Crippen LogP contribution in [0.15, 0.2) is 59.3 Å². The molecule has 0 radical (unpaired) electrons. The summed E-state index contributed by atoms with van der Waals surface area (Å²) >= 11 is 6.04. The first-order chi connectivity index (χ1) is 11.6. The van der Waals surface area contributed by atoms with E-state index < -0.39 is 6.10 Å². The number of ether oxygens (including phenoxy) is 1.